The van der Waals surface area contributed by atoms with Crippen molar-refractivity contribution in [3.05, 3.63) is 18.6 Å². The Labute approximate surface area is 117 Å². The summed E-state index contributed by atoms with van der Waals surface area (Å²) in [6, 6.07) is 0.154. The molecule has 0 aliphatic heterocycles. The Balaban J connectivity index is 2.28. The van der Waals surface area contributed by atoms with Gasteiger partial charge in [0.25, 0.3) is 10.0 Å². The van der Waals surface area contributed by atoms with Crippen LogP contribution in [0.2, 0.25) is 0 Å². The molecule has 3 N–H and O–H groups in total. The zero-order valence-electron chi connectivity index (χ0n) is 11.6. The molecule has 2 aromatic rings. The molecule has 2 aromatic heterocycles. The Kier molecular flexibility index (Phi) is 3.71. The highest BCUT2D eigenvalue weighted by Crippen LogP contribution is 2.20. The van der Waals surface area contributed by atoms with Gasteiger partial charge in [-0.15, -0.1) is 0 Å². The molecule has 8 nitrogen and oxygen atoms in total. The van der Waals surface area contributed by atoms with Crippen molar-refractivity contribution in [1.82, 2.24) is 19.6 Å². The van der Waals surface area contributed by atoms with E-state index in [-0.39, 0.29) is 16.8 Å². The summed E-state index contributed by atoms with van der Waals surface area (Å²) in [7, 11) is -3.76. The maximum atomic E-state index is 12.2. The van der Waals surface area contributed by atoms with Crippen molar-refractivity contribution >= 4 is 21.5 Å². The van der Waals surface area contributed by atoms with Crippen molar-refractivity contribution in [2.24, 2.45) is 0 Å². The van der Waals surface area contributed by atoms with E-state index in [9.17, 15) is 8.42 Å². The molecule has 0 radical (unpaired) electrons. The van der Waals surface area contributed by atoms with E-state index in [2.05, 4.69) is 14.9 Å². The second-order valence-corrected chi connectivity index (χ2v) is 6.29. The number of nitrogens with one attached hydrogen (secondary N) is 1. The number of anilines is 2. The van der Waals surface area contributed by atoms with Crippen molar-refractivity contribution in [1.29, 1.82) is 0 Å². The molecule has 0 saturated carbocycles. The summed E-state index contributed by atoms with van der Waals surface area (Å²) in [5, 5.41) is 8.00. The van der Waals surface area contributed by atoms with Crippen LogP contribution in [0.1, 0.15) is 26.8 Å². The Morgan fingerprint density at radius 2 is 2.10 bits per heavy atom. The molecule has 0 saturated heterocycles. The summed E-state index contributed by atoms with van der Waals surface area (Å²) in [5.74, 6) is -0.0180. The smallest absolute Gasteiger partial charge is 0.267 e. The number of nitrogens with zero attached hydrogens (tertiary/aromatic N) is 4. The minimum absolute atomic E-state index is 0.0180. The maximum absolute atomic E-state index is 12.2. The van der Waals surface area contributed by atoms with Gasteiger partial charge >= 0.3 is 0 Å². The standard InChI is InChI=1S/C11H18N6O2S/c1-4-16-7-10(11(12)14-16)20(18,19)15-9-5-13-17(6-9)8(2)3/h5-8,15H,4H2,1-3H3,(H2,12,14). The molecule has 0 fully saturated rings. The molecule has 0 aromatic carbocycles. The average molecular weight is 298 g/mol. The molecule has 0 aliphatic carbocycles. The van der Waals surface area contributed by atoms with Crippen LogP contribution < -0.4 is 10.5 Å². The first-order chi connectivity index (χ1) is 9.33. The largest absolute Gasteiger partial charge is 0.381 e. The van der Waals surface area contributed by atoms with Crippen LogP contribution in [0, 0.1) is 0 Å². The number of hydrogen-bond donors (Lipinski definition) is 2. The topological polar surface area (TPSA) is 108 Å². The van der Waals surface area contributed by atoms with Crippen LogP contribution in [0.25, 0.3) is 0 Å². The second-order valence-electron chi connectivity index (χ2n) is 4.64. The molecule has 2 rings (SSSR count). The number of rotatable bonds is 5. The van der Waals surface area contributed by atoms with Gasteiger partial charge in [0.15, 0.2) is 5.82 Å². The third-order valence-corrected chi connectivity index (χ3v) is 4.15. The van der Waals surface area contributed by atoms with Crippen molar-refractivity contribution in [3.8, 4) is 0 Å². The number of aromatic nitrogens is 4. The first-order valence-electron chi connectivity index (χ1n) is 6.23. The summed E-state index contributed by atoms with van der Waals surface area (Å²) in [6.45, 7) is 6.30. The first kappa shape index (κ1) is 14.4. The van der Waals surface area contributed by atoms with Crippen molar-refractivity contribution in [2.45, 2.75) is 38.3 Å². The number of aryl methyl sites for hydroxylation is 1. The molecule has 0 spiro atoms. The number of sulfonamides is 1. The zero-order chi connectivity index (χ0) is 14.9. The summed E-state index contributed by atoms with van der Waals surface area (Å²) in [4.78, 5) is -0.0309. The van der Waals surface area contributed by atoms with Crippen molar-refractivity contribution in [3.63, 3.8) is 0 Å². The highest BCUT2D eigenvalue weighted by molar-refractivity contribution is 7.92. The van der Waals surface area contributed by atoms with Gasteiger partial charge in [-0.1, -0.05) is 0 Å². The lowest BCUT2D eigenvalue weighted by Crippen LogP contribution is -2.13. The number of nitrogen functional groups attached to an aromatic ring is 1. The third-order valence-electron chi connectivity index (χ3n) is 2.75. The van der Waals surface area contributed by atoms with Crippen LogP contribution in [0.4, 0.5) is 11.5 Å². The van der Waals surface area contributed by atoms with Crippen LogP contribution in [0.15, 0.2) is 23.5 Å². The van der Waals surface area contributed by atoms with Crippen LogP contribution in [0.5, 0.6) is 0 Å². The van der Waals surface area contributed by atoms with Gasteiger partial charge in [0.05, 0.1) is 11.9 Å². The van der Waals surface area contributed by atoms with E-state index in [0.717, 1.165) is 0 Å². The average Bonchev–Trinajstić information content (AvgIpc) is 2.95. The molecule has 0 bridgehead atoms. The summed E-state index contributed by atoms with van der Waals surface area (Å²) in [6.07, 6.45) is 4.49. The first-order valence-corrected chi connectivity index (χ1v) is 7.71. The van der Waals surface area contributed by atoms with Gasteiger partial charge in [0.1, 0.15) is 4.90 Å². The molecule has 20 heavy (non-hydrogen) atoms. The minimum atomic E-state index is -3.76. The quantitative estimate of drug-likeness (QED) is 0.858. The summed E-state index contributed by atoms with van der Waals surface area (Å²) < 4.78 is 30.1. The molecule has 0 atom stereocenters. The lowest BCUT2D eigenvalue weighted by molar-refractivity contribution is 0.532. The normalized spacial score (nSPS) is 12.0. The van der Waals surface area contributed by atoms with Gasteiger partial charge in [0.2, 0.25) is 0 Å². The van der Waals surface area contributed by atoms with Crippen LogP contribution in [-0.2, 0) is 16.6 Å². The second kappa shape index (κ2) is 5.16. The molecule has 0 aliphatic rings. The van der Waals surface area contributed by atoms with Crippen LogP contribution in [-0.4, -0.2) is 28.0 Å². The zero-order valence-corrected chi connectivity index (χ0v) is 12.4. The van der Waals surface area contributed by atoms with E-state index in [1.165, 1.54) is 17.1 Å². The van der Waals surface area contributed by atoms with Crippen molar-refractivity contribution in [2.75, 3.05) is 10.5 Å². The van der Waals surface area contributed by atoms with E-state index < -0.39 is 10.0 Å². The monoisotopic (exact) mass is 298 g/mol. The number of nitrogens with two attached hydrogens (primary N) is 1. The Morgan fingerprint density at radius 1 is 1.40 bits per heavy atom. The molecule has 2 heterocycles. The van der Waals surface area contributed by atoms with Gasteiger partial charge in [-0.3, -0.25) is 14.1 Å². The molecule has 110 valence electrons. The fourth-order valence-electron chi connectivity index (χ4n) is 1.67. The number of hydrogen-bond acceptors (Lipinski definition) is 5. The Morgan fingerprint density at radius 3 is 2.60 bits per heavy atom. The van der Waals surface area contributed by atoms with Crippen LogP contribution in [0.3, 0.4) is 0 Å². The summed E-state index contributed by atoms with van der Waals surface area (Å²) in [5.41, 5.74) is 6.03. The molecule has 0 amide bonds. The van der Waals surface area contributed by atoms with E-state index >= 15 is 0 Å². The Bertz CT molecular complexity index is 700. The predicted molar refractivity (Wildman–Crippen MR) is 75.7 cm³/mol. The van der Waals surface area contributed by atoms with E-state index in [4.69, 9.17) is 5.73 Å². The van der Waals surface area contributed by atoms with E-state index in [0.29, 0.717) is 12.2 Å². The van der Waals surface area contributed by atoms with Gasteiger partial charge in [-0.05, 0) is 20.8 Å². The fourth-order valence-corrected chi connectivity index (χ4v) is 2.77. The van der Waals surface area contributed by atoms with Gasteiger partial charge in [-0.25, -0.2) is 8.42 Å². The summed E-state index contributed by atoms with van der Waals surface area (Å²) >= 11 is 0. The lowest BCUT2D eigenvalue weighted by Gasteiger charge is -2.05. The molecular formula is C11H18N6O2S. The highest BCUT2D eigenvalue weighted by Gasteiger charge is 2.21. The van der Waals surface area contributed by atoms with Crippen molar-refractivity contribution < 1.29 is 8.42 Å². The lowest BCUT2D eigenvalue weighted by atomic mass is 10.4. The van der Waals surface area contributed by atoms with E-state index in [1.54, 1.807) is 10.9 Å². The molecule has 9 heteroatoms. The van der Waals surface area contributed by atoms with E-state index in [1.807, 2.05) is 20.8 Å². The minimum Gasteiger partial charge on any atom is -0.381 e. The van der Waals surface area contributed by atoms with Gasteiger partial charge in [0, 0.05) is 25.0 Å². The maximum Gasteiger partial charge on any atom is 0.267 e. The molecular weight excluding hydrogens is 280 g/mol. The fraction of sp³-hybridized carbons (Fsp3) is 0.455. The Hall–Kier alpha value is -2.03. The molecule has 0 unspecified atom stereocenters. The SMILES string of the molecule is CCn1cc(S(=O)(=O)Nc2cnn(C(C)C)c2)c(N)n1. The predicted octanol–water partition coefficient (Wildman–Crippen LogP) is 1.06. The third kappa shape index (κ3) is 2.77. The van der Waals surface area contributed by atoms with Crippen LogP contribution >= 0.6 is 0 Å². The van der Waals surface area contributed by atoms with Gasteiger partial charge < -0.3 is 5.73 Å². The van der Waals surface area contributed by atoms with Gasteiger partial charge in [-0.2, -0.15) is 10.2 Å². The highest BCUT2D eigenvalue weighted by atomic mass is 32.2.